The molecule has 0 aromatic heterocycles. The molecule has 202 valence electrons. The number of amidine groups is 1. The molecule has 0 bridgehead atoms. The Labute approximate surface area is 216 Å². The standard InChI is InChI=1S/C30H55N3O2/c1-3-4-5-6-7-8-9-10-11-12-13-14-15-16-17-18-19-20-21-22-23-24-29-32-25-26-33(29,28(2)31)27-30(34)35/h8-9,25-26,28H,3-7,10-24,27,31H2,1-2H3/p+1/b9-8+. The largest absolute Gasteiger partial charge is 0.477 e. The number of allylic oxidation sites excluding steroid dienone is 2. The summed E-state index contributed by atoms with van der Waals surface area (Å²) in [6, 6.07) is 0. The molecule has 1 rings (SSSR count). The molecule has 0 saturated heterocycles. The zero-order chi connectivity index (χ0) is 25.6. The highest BCUT2D eigenvalue weighted by Crippen LogP contribution is 2.23. The molecule has 1 aliphatic rings. The van der Waals surface area contributed by atoms with Gasteiger partial charge in [0.1, 0.15) is 12.4 Å². The van der Waals surface area contributed by atoms with E-state index in [1.54, 1.807) is 6.20 Å². The highest BCUT2D eigenvalue weighted by atomic mass is 16.4. The van der Waals surface area contributed by atoms with Crippen LogP contribution in [0, 0.1) is 0 Å². The van der Waals surface area contributed by atoms with Crippen molar-refractivity contribution >= 4 is 11.8 Å². The number of nitrogens with zero attached hydrogens (tertiary/aromatic N) is 2. The first-order valence-electron chi connectivity index (χ1n) is 14.8. The fourth-order valence-electron chi connectivity index (χ4n) is 5.00. The number of carbonyl (C=O) groups is 1. The molecular formula is C30H56N3O2+. The number of nitrogens with two attached hydrogens (primary N) is 1. The summed E-state index contributed by atoms with van der Waals surface area (Å²) in [6.45, 7) is 4.11. The topological polar surface area (TPSA) is 75.7 Å². The van der Waals surface area contributed by atoms with Crippen LogP contribution in [-0.2, 0) is 4.79 Å². The zero-order valence-electron chi connectivity index (χ0n) is 23.1. The first kappa shape index (κ1) is 31.6. The highest BCUT2D eigenvalue weighted by Gasteiger charge is 2.40. The minimum absolute atomic E-state index is 0.0242. The lowest BCUT2D eigenvalue weighted by Gasteiger charge is -2.34. The monoisotopic (exact) mass is 490 g/mol. The molecular weight excluding hydrogens is 434 g/mol. The second-order valence-corrected chi connectivity index (χ2v) is 10.5. The summed E-state index contributed by atoms with van der Waals surface area (Å²) < 4.78 is 0.172. The van der Waals surface area contributed by atoms with Crippen LogP contribution in [0.4, 0.5) is 0 Å². The zero-order valence-corrected chi connectivity index (χ0v) is 23.1. The van der Waals surface area contributed by atoms with E-state index in [-0.39, 0.29) is 17.2 Å². The molecule has 2 unspecified atom stereocenters. The molecule has 0 radical (unpaired) electrons. The van der Waals surface area contributed by atoms with E-state index < -0.39 is 5.97 Å². The van der Waals surface area contributed by atoms with Crippen LogP contribution in [0.15, 0.2) is 29.5 Å². The number of hydrogen-bond acceptors (Lipinski definition) is 3. The van der Waals surface area contributed by atoms with Gasteiger partial charge in [0.25, 0.3) is 0 Å². The van der Waals surface area contributed by atoms with Crippen LogP contribution in [0.5, 0.6) is 0 Å². The van der Waals surface area contributed by atoms with Crippen LogP contribution in [0.2, 0.25) is 0 Å². The van der Waals surface area contributed by atoms with Crippen molar-refractivity contribution in [3.63, 3.8) is 0 Å². The molecule has 0 aromatic carbocycles. The molecule has 5 nitrogen and oxygen atoms in total. The van der Waals surface area contributed by atoms with Crippen molar-refractivity contribution in [2.75, 3.05) is 6.54 Å². The molecule has 1 heterocycles. The van der Waals surface area contributed by atoms with Gasteiger partial charge in [0.2, 0.25) is 5.84 Å². The van der Waals surface area contributed by atoms with E-state index in [1.165, 1.54) is 116 Å². The van der Waals surface area contributed by atoms with Crippen LogP contribution < -0.4 is 5.73 Å². The fourth-order valence-corrected chi connectivity index (χ4v) is 5.00. The van der Waals surface area contributed by atoms with Gasteiger partial charge in [-0.05, 0) is 32.1 Å². The van der Waals surface area contributed by atoms with E-state index in [0.29, 0.717) is 0 Å². The van der Waals surface area contributed by atoms with Crippen molar-refractivity contribution in [3.05, 3.63) is 24.6 Å². The van der Waals surface area contributed by atoms with E-state index in [0.717, 1.165) is 18.7 Å². The predicted octanol–water partition coefficient (Wildman–Crippen LogP) is 8.45. The maximum Gasteiger partial charge on any atom is 0.360 e. The molecule has 2 atom stereocenters. The first-order valence-corrected chi connectivity index (χ1v) is 14.8. The number of quaternary nitrogens is 1. The van der Waals surface area contributed by atoms with Gasteiger partial charge in [-0.1, -0.05) is 109 Å². The summed E-state index contributed by atoms with van der Waals surface area (Å²) in [6.07, 6.45) is 34.1. The Bertz CT molecular complexity index is 627. The number of carboxylic acids is 1. The first-order chi connectivity index (χ1) is 17.0. The Hall–Kier alpha value is -1.46. The number of aliphatic imine (C=N–C) groups is 1. The van der Waals surface area contributed by atoms with Crippen LogP contribution in [0.1, 0.15) is 142 Å². The van der Waals surface area contributed by atoms with E-state index in [1.807, 2.05) is 13.1 Å². The second kappa shape index (κ2) is 20.7. The molecule has 0 saturated carbocycles. The summed E-state index contributed by atoms with van der Waals surface area (Å²) in [7, 11) is 0. The Morgan fingerprint density at radius 3 is 1.77 bits per heavy atom. The summed E-state index contributed by atoms with van der Waals surface area (Å²) in [5, 5.41) is 9.29. The molecule has 5 heteroatoms. The van der Waals surface area contributed by atoms with E-state index >= 15 is 0 Å². The third-order valence-electron chi connectivity index (χ3n) is 7.32. The number of unbranched alkanes of at least 4 members (excludes halogenated alkanes) is 17. The molecule has 35 heavy (non-hydrogen) atoms. The summed E-state index contributed by atoms with van der Waals surface area (Å²) in [4.78, 5) is 15.8. The summed E-state index contributed by atoms with van der Waals surface area (Å²) >= 11 is 0. The van der Waals surface area contributed by atoms with Gasteiger partial charge < -0.3 is 5.11 Å². The van der Waals surface area contributed by atoms with Gasteiger partial charge in [0, 0.05) is 13.3 Å². The average Bonchev–Trinajstić information content (AvgIpc) is 3.23. The maximum atomic E-state index is 11.3. The fraction of sp³-hybridized carbons (Fsp3) is 0.800. The summed E-state index contributed by atoms with van der Waals surface area (Å²) in [5.41, 5.74) is 6.13. The smallest absolute Gasteiger partial charge is 0.360 e. The lowest BCUT2D eigenvalue weighted by atomic mass is 10.0. The van der Waals surface area contributed by atoms with Gasteiger partial charge in [-0.2, -0.15) is 0 Å². The third-order valence-corrected chi connectivity index (χ3v) is 7.32. The maximum absolute atomic E-state index is 11.3. The highest BCUT2D eigenvalue weighted by molar-refractivity contribution is 5.81. The Balaban J connectivity index is 1.88. The number of hydrogen-bond donors (Lipinski definition) is 2. The van der Waals surface area contributed by atoms with Gasteiger partial charge in [-0.15, -0.1) is 0 Å². The van der Waals surface area contributed by atoms with E-state index in [2.05, 4.69) is 24.1 Å². The van der Waals surface area contributed by atoms with Crippen molar-refractivity contribution in [3.8, 4) is 0 Å². The minimum atomic E-state index is -0.835. The lowest BCUT2D eigenvalue weighted by Crippen LogP contribution is -2.59. The van der Waals surface area contributed by atoms with Gasteiger partial charge in [0.15, 0.2) is 6.54 Å². The van der Waals surface area contributed by atoms with Crippen LogP contribution in [-0.4, -0.2) is 34.1 Å². The SMILES string of the molecule is CCCCCC/C=C/CCCCCCCCCCCCCCCC1=NC=C[N+]1(CC(=O)O)C(C)N. The molecule has 0 spiro atoms. The molecule has 0 amide bonds. The van der Waals surface area contributed by atoms with Crippen molar-refractivity contribution in [1.29, 1.82) is 0 Å². The molecule has 0 aromatic rings. The Morgan fingerprint density at radius 2 is 1.31 bits per heavy atom. The Kier molecular flexibility index (Phi) is 18.7. The van der Waals surface area contributed by atoms with E-state index in [9.17, 15) is 9.90 Å². The molecule has 0 fully saturated rings. The lowest BCUT2D eigenvalue weighted by molar-refractivity contribution is -0.805. The second-order valence-electron chi connectivity index (χ2n) is 10.5. The van der Waals surface area contributed by atoms with Crippen molar-refractivity contribution in [2.24, 2.45) is 10.7 Å². The third kappa shape index (κ3) is 14.6. The summed E-state index contributed by atoms with van der Waals surface area (Å²) in [5.74, 6) is 0.0643. The average molecular weight is 491 g/mol. The molecule has 1 aliphatic heterocycles. The predicted molar refractivity (Wildman–Crippen MR) is 150 cm³/mol. The van der Waals surface area contributed by atoms with Crippen LogP contribution in [0.25, 0.3) is 0 Å². The quantitative estimate of drug-likeness (QED) is 0.0809. The molecule has 3 N–H and O–H groups in total. The number of rotatable bonds is 24. The number of aliphatic carboxylic acids is 1. The van der Waals surface area contributed by atoms with Crippen LogP contribution in [0.3, 0.4) is 0 Å². The van der Waals surface area contributed by atoms with Crippen molar-refractivity contribution in [2.45, 2.75) is 148 Å². The van der Waals surface area contributed by atoms with Crippen LogP contribution >= 0.6 is 0 Å². The minimum Gasteiger partial charge on any atom is -0.477 e. The number of carboxylic acid groups (broad SMARTS) is 1. The van der Waals surface area contributed by atoms with Gasteiger partial charge in [-0.3, -0.25) is 5.73 Å². The van der Waals surface area contributed by atoms with Crippen molar-refractivity contribution in [1.82, 2.24) is 0 Å². The Morgan fingerprint density at radius 1 is 0.857 bits per heavy atom. The normalized spacial score (nSPS) is 18.4. The van der Waals surface area contributed by atoms with Gasteiger partial charge in [-0.25, -0.2) is 14.3 Å². The van der Waals surface area contributed by atoms with E-state index in [4.69, 9.17) is 5.73 Å². The van der Waals surface area contributed by atoms with Crippen molar-refractivity contribution < 1.29 is 14.4 Å². The molecule has 0 aliphatic carbocycles. The van der Waals surface area contributed by atoms with Gasteiger partial charge in [0.05, 0.1) is 6.20 Å². The van der Waals surface area contributed by atoms with Gasteiger partial charge >= 0.3 is 5.97 Å².